The van der Waals surface area contributed by atoms with Crippen molar-refractivity contribution < 1.29 is 17.9 Å². The van der Waals surface area contributed by atoms with E-state index in [1.807, 2.05) is 18.7 Å². The van der Waals surface area contributed by atoms with Crippen molar-refractivity contribution in [1.29, 1.82) is 0 Å². The van der Waals surface area contributed by atoms with Crippen molar-refractivity contribution >= 4 is 17.1 Å². The first-order chi connectivity index (χ1) is 17.2. The second-order valence-corrected chi connectivity index (χ2v) is 10.2. The van der Waals surface area contributed by atoms with E-state index in [4.69, 9.17) is 19.7 Å². The minimum atomic E-state index is -4.22. The van der Waals surface area contributed by atoms with E-state index in [9.17, 15) is 18.0 Å². The largest absolute Gasteiger partial charge is 0.392 e. The fourth-order valence-corrected chi connectivity index (χ4v) is 5.98. The number of alkyl halides is 3. The fourth-order valence-electron chi connectivity index (χ4n) is 5.98. The molecule has 4 fully saturated rings. The summed E-state index contributed by atoms with van der Waals surface area (Å²) in [7, 11) is 0. The van der Waals surface area contributed by atoms with Gasteiger partial charge in [0.2, 0.25) is 11.5 Å². The Bertz CT molecular complexity index is 1370. The number of anilines is 1. The number of aryl methyl sites for hydroxylation is 2. The minimum absolute atomic E-state index is 0.0253. The number of pyridine rings is 1. The van der Waals surface area contributed by atoms with Gasteiger partial charge in [0.25, 0.3) is 0 Å². The zero-order valence-corrected chi connectivity index (χ0v) is 20.0. The molecule has 0 radical (unpaired) electrons. The molecule has 1 unspecified atom stereocenters. The molecule has 7 rings (SSSR count). The van der Waals surface area contributed by atoms with Crippen molar-refractivity contribution in [2.75, 3.05) is 24.6 Å². The number of halogens is 3. The van der Waals surface area contributed by atoms with Crippen molar-refractivity contribution in [1.82, 2.24) is 24.9 Å². The fraction of sp³-hybridized carbons (Fsp3) is 0.560. The molecule has 4 aliphatic rings. The van der Waals surface area contributed by atoms with Gasteiger partial charge < -0.3 is 14.6 Å². The number of hydrogen-bond acceptors (Lipinski definition) is 7. The maximum absolute atomic E-state index is 13.8. The lowest BCUT2D eigenvalue weighted by Crippen LogP contribution is -2.47. The van der Waals surface area contributed by atoms with E-state index in [2.05, 4.69) is 9.97 Å². The first kappa shape index (κ1) is 23.3. The number of morpholine rings is 1. The van der Waals surface area contributed by atoms with Crippen LogP contribution in [0.4, 0.5) is 19.1 Å². The van der Waals surface area contributed by atoms with Crippen molar-refractivity contribution in [3.63, 3.8) is 0 Å². The van der Waals surface area contributed by atoms with E-state index in [0.29, 0.717) is 55.3 Å². The third-order valence-electron chi connectivity index (χ3n) is 8.11. The van der Waals surface area contributed by atoms with Crippen LogP contribution in [0.1, 0.15) is 53.9 Å². The van der Waals surface area contributed by atoms with E-state index in [0.717, 1.165) is 17.0 Å². The van der Waals surface area contributed by atoms with Gasteiger partial charge in [-0.1, -0.05) is 0 Å². The van der Waals surface area contributed by atoms with Crippen LogP contribution in [0.3, 0.4) is 0 Å². The van der Waals surface area contributed by atoms with Gasteiger partial charge >= 0.3 is 6.18 Å². The first-order valence-electron chi connectivity index (χ1n) is 12.3. The van der Waals surface area contributed by atoms with Crippen LogP contribution in [0.15, 0.2) is 23.1 Å². The monoisotopic (exact) mass is 500 g/mol. The van der Waals surface area contributed by atoms with E-state index in [1.165, 1.54) is 6.07 Å². The summed E-state index contributed by atoms with van der Waals surface area (Å²) >= 11 is 0. The Kier molecular flexibility index (Phi) is 5.51. The molecule has 11 heteroatoms. The molecular formula is C25H27F3N6O2. The van der Waals surface area contributed by atoms with Gasteiger partial charge in [0.1, 0.15) is 11.6 Å². The van der Waals surface area contributed by atoms with Crippen LogP contribution in [-0.2, 0) is 4.74 Å². The second-order valence-electron chi connectivity index (χ2n) is 10.2. The normalized spacial score (nSPS) is 28.2. The molecule has 190 valence electrons. The Morgan fingerprint density at radius 3 is 2.58 bits per heavy atom. The number of ether oxygens (including phenoxy) is 1. The smallest absolute Gasteiger partial charge is 0.370 e. The third-order valence-corrected chi connectivity index (χ3v) is 8.11. The predicted octanol–water partition coefficient (Wildman–Crippen LogP) is 3.99. The van der Waals surface area contributed by atoms with Gasteiger partial charge in [0.05, 0.1) is 36.2 Å². The molecule has 1 aliphatic heterocycles. The number of aromatic amines is 1. The van der Waals surface area contributed by atoms with E-state index < -0.39 is 12.1 Å². The average molecular weight is 501 g/mol. The summed E-state index contributed by atoms with van der Waals surface area (Å²) in [6, 6.07) is 3.30. The summed E-state index contributed by atoms with van der Waals surface area (Å²) in [4.78, 5) is 35.3. The van der Waals surface area contributed by atoms with Gasteiger partial charge in [-0.3, -0.25) is 4.79 Å². The summed E-state index contributed by atoms with van der Waals surface area (Å²) in [5, 5.41) is 0. The van der Waals surface area contributed by atoms with Gasteiger partial charge in [-0.15, -0.1) is 0 Å². The summed E-state index contributed by atoms with van der Waals surface area (Å²) in [6.45, 7) is 5.01. The molecule has 4 heterocycles. The molecule has 2 bridgehead atoms. The Morgan fingerprint density at radius 2 is 1.83 bits per heavy atom. The highest BCUT2D eigenvalue weighted by Gasteiger charge is 2.56. The molecule has 3 aromatic heterocycles. The van der Waals surface area contributed by atoms with E-state index in [-0.39, 0.29) is 35.8 Å². The molecule has 3 aromatic rings. The summed E-state index contributed by atoms with van der Waals surface area (Å²) in [6.07, 6.45) is -1.84. The lowest BCUT2D eigenvalue weighted by atomic mass is 9.54. The van der Waals surface area contributed by atoms with Crippen LogP contribution >= 0.6 is 0 Å². The number of nitrogens with one attached hydrogen (secondary N) is 1. The predicted molar refractivity (Wildman–Crippen MR) is 126 cm³/mol. The zero-order chi connectivity index (χ0) is 25.2. The van der Waals surface area contributed by atoms with Crippen molar-refractivity contribution in [2.45, 2.75) is 51.3 Å². The van der Waals surface area contributed by atoms with Crippen LogP contribution in [0.2, 0.25) is 0 Å². The number of rotatable bonds is 3. The van der Waals surface area contributed by atoms with Gasteiger partial charge in [-0.05, 0) is 56.6 Å². The quantitative estimate of drug-likeness (QED) is 0.581. The topological polar surface area (TPSA) is 96.9 Å². The molecule has 3 atom stereocenters. The maximum atomic E-state index is 13.8. The maximum Gasteiger partial charge on any atom is 0.392 e. The van der Waals surface area contributed by atoms with Gasteiger partial charge in [0, 0.05) is 24.7 Å². The van der Waals surface area contributed by atoms with Gasteiger partial charge in [0.15, 0.2) is 5.65 Å². The first-order valence-corrected chi connectivity index (χ1v) is 12.3. The number of nitrogens with zero attached hydrogens (tertiary/aromatic N) is 5. The Morgan fingerprint density at radius 1 is 1.06 bits per heavy atom. The lowest BCUT2D eigenvalue weighted by Gasteiger charge is -2.51. The van der Waals surface area contributed by atoms with Crippen LogP contribution in [0.5, 0.6) is 0 Å². The second kappa shape index (κ2) is 8.50. The van der Waals surface area contributed by atoms with Gasteiger partial charge in [-0.2, -0.15) is 18.2 Å². The Hall–Kier alpha value is -3.08. The standard InChI is InChI=1S/C25H27F3N6O2/c1-12-13(2)31-23-22(30-12)21(17-10-18(25(26,27)28)16-7-15(17)8-16)32-24(33-23)34-5-6-36-19(11-34)14-3-4-29-20(35)9-14/h3-4,9,15-19H,5-8,10-11H2,1-2H3,(H,29,35)/t15?,16?,17-,18?,19-/m0/s1. The molecule has 36 heavy (non-hydrogen) atoms. The van der Waals surface area contributed by atoms with Crippen LogP contribution in [-0.4, -0.2) is 50.8 Å². The third kappa shape index (κ3) is 4.03. The highest BCUT2D eigenvalue weighted by molar-refractivity contribution is 5.75. The number of H-pyrrole nitrogens is 1. The van der Waals surface area contributed by atoms with Crippen LogP contribution < -0.4 is 10.5 Å². The minimum Gasteiger partial charge on any atom is -0.370 e. The number of aromatic nitrogens is 5. The van der Waals surface area contributed by atoms with E-state index >= 15 is 0 Å². The number of fused-ring (bicyclic) bond motifs is 3. The molecule has 0 aromatic carbocycles. The summed E-state index contributed by atoms with van der Waals surface area (Å²) in [5.41, 5.74) is 3.45. The Labute approximate surface area is 205 Å². The molecule has 3 saturated carbocycles. The SMILES string of the molecule is Cc1nc2nc(N3CCO[C@H](c4cc[nH]c(=O)c4)C3)nc([C@H]3CC(C(F)(F)F)C4CC3C4)c2nc1C. The highest BCUT2D eigenvalue weighted by atomic mass is 19.4. The average Bonchev–Trinajstić information content (AvgIpc) is 2.83. The van der Waals surface area contributed by atoms with Crippen LogP contribution in [0, 0.1) is 31.6 Å². The van der Waals surface area contributed by atoms with Crippen molar-refractivity contribution in [3.05, 3.63) is 51.3 Å². The molecule has 3 aliphatic carbocycles. The Balaban J connectivity index is 1.41. The van der Waals surface area contributed by atoms with Crippen molar-refractivity contribution in [3.8, 4) is 0 Å². The molecule has 1 saturated heterocycles. The number of hydrogen-bond donors (Lipinski definition) is 1. The molecule has 0 amide bonds. The van der Waals surface area contributed by atoms with E-state index in [1.54, 1.807) is 12.3 Å². The summed E-state index contributed by atoms with van der Waals surface area (Å²) < 4.78 is 47.4. The molecule has 8 nitrogen and oxygen atoms in total. The lowest BCUT2D eigenvalue weighted by molar-refractivity contribution is -0.219. The molecular weight excluding hydrogens is 473 g/mol. The van der Waals surface area contributed by atoms with Crippen LogP contribution in [0.25, 0.3) is 11.2 Å². The van der Waals surface area contributed by atoms with Gasteiger partial charge in [-0.25, -0.2) is 15.0 Å². The molecule has 1 N–H and O–H groups in total. The molecule has 0 spiro atoms. The zero-order valence-electron chi connectivity index (χ0n) is 20.0. The highest BCUT2D eigenvalue weighted by Crippen LogP contribution is 2.59. The van der Waals surface area contributed by atoms with Crippen molar-refractivity contribution in [2.24, 2.45) is 17.8 Å². The summed E-state index contributed by atoms with van der Waals surface area (Å²) in [5.74, 6) is -1.37.